The third-order valence-corrected chi connectivity index (χ3v) is 7.30. The first-order chi connectivity index (χ1) is 16.2. The van der Waals surface area contributed by atoms with Gasteiger partial charge in [0.2, 0.25) is 11.1 Å². The van der Waals surface area contributed by atoms with Crippen LogP contribution in [-0.4, -0.2) is 23.1 Å². The molecule has 2 aliphatic carbocycles. The first-order valence-corrected chi connectivity index (χ1v) is 13.1. The van der Waals surface area contributed by atoms with Gasteiger partial charge in [-0.05, 0) is 75.6 Å². The molecule has 0 bridgehead atoms. The van der Waals surface area contributed by atoms with E-state index in [-0.39, 0.29) is 11.1 Å². The van der Waals surface area contributed by atoms with Gasteiger partial charge in [-0.2, -0.15) is 0 Å². The van der Waals surface area contributed by atoms with Gasteiger partial charge in [-0.15, -0.1) is 0 Å². The third-order valence-electron chi connectivity index (χ3n) is 7.30. The molecule has 0 radical (unpaired) electrons. The molecule has 4 rings (SSSR count). The molecule has 180 valence electrons. The molecule has 6 heteroatoms. The zero-order valence-corrected chi connectivity index (χ0v) is 19.9. The molecule has 0 aliphatic heterocycles. The first kappa shape index (κ1) is 24.0. The van der Waals surface area contributed by atoms with Crippen LogP contribution in [0.2, 0.25) is 0 Å². The van der Waals surface area contributed by atoms with Crippen molar-refractivity contribution in [3.63, 3.8) is 0 Å². The summed E-state index contributed by atoms with van der Waals surface area (Å²) in [5, 5.41) is 7.41. The van der Waals surface area contributed by atoms with Gasteiger partial charge in [0.05, 0.1) is 0 Å². The highest BCUT2D eigenvalue weighted by molar-refractivity contribution is 5.27. The number of aromatic nitrogens is 2. The summed E-state index contributed by atoms with van der Waals surface area (Å²) in [5.41, 5.74) is 4.87. The highest BCUT2D eigenvalue weighted by Crippen LogP contribution is 2.28. The Balaban J connectivity index is 1.02. The predicted molar refractivity (Wildman–Crippen MR) is 134 cm³/mol. The molecular formula is C27H40N4O2. The lowest BCUT2D eigenvalue weighted by molar-refractivity contribution is 0.437. The van der Waals surface area contributed by atoms with Crippen molar-refractivity contribution in [2.45, 2.75) is 95.6 Å². The quantitative estimate of drug-likeness (QED) is 0.359. The maximum atomic E-state index is 11.5. The van der Waals surface area contributed by atoms with Gasteiger partial charge in [-0.25, -0.2) is 0 Å². The van der Waals surface area contributed by atoms with Crippen molar-refractivity contribution in [1.82, 2.24) is 20.6 Å². The number of hydrogen-bond acceptors (Lipinski definition) is 4. The summed E-state index contributed by atoms with van der Waals surface area (Å²) < 4.78 is 0. The van der Waals surface area contributed by atoms with E-state index in [0.29, 0.717) is 12.1 Å². The Morgan fingerprint density at radius 1 is 0.636 bits per heavy atom. The van der Waals surface area contributed by atoms with Crippen molar-refractivity contribution in [3.05, 3.63) is 67.5 Å². The molecule has 33 heavy (non-hydrogen) atoms. The normalized spacial score (nSPS) is 19.8. The van der Waals surface area contributed by atoms with E-state index in [9.17, 15) is 9.59 Å². The van der Waals surface area contributed by atoms with Gasteiger partial charge in [-0.3, -0.25) is 9.59 Å². The minimum absolute atomic E-state index is 0.0158. The van der Waals surface area contributed by atoms with Crippen LogP contribution in [0.3, 0.4) is 0 Å². The zero-order valence-electron chi connectivity index (χ0n) is 19.9. The van der Waals surface area contributed by atoms with Crippen molar-refractivity contribution in [2.24, 2.45) is 0 Å². The minimum Gasteiger partial charge on any atom is -0.326 e. The molecule has 0 fully saturated rings. The lowest BCUT2D eigenvalue weighted by Crippen LogP contribution is -2.28. The van der Waals surface area contributed by atoms with Crippen LogP contribution < -0.4 is 21.8 Å². The van der Waals surface area contributed by atoms with Crippen LogP contribution in [0.5, 0.6) is 0 Å². The molecule has 2 aliphatic rings. The lowest BCUT2D eigenvalue weighted by Gasteiger charge is -2.26. The second-order valence-electron chi connectivity index (χ2n) is 9.79. The van der Waals surface area contributed by atoms with Crippen LogP contribution in [0.15, 0.2) is 33.9 Å². The second kappa shape index (κ2) is 12.3. The van der Waals surface area contributed by atoms with E-state index in [2.05, 4.69) is 20.6 Å². The summed E-state index contributed by atoms with van der Waals surface area (Å²) in [6, 6.07) is 8.12. The molecule has 4 N–H and O–H groups in total. The predicted octanol–water partition coefficient (Wildman–Crippen LogP) is 4.43. The summed E-state index contributed by atoms with van der Waals surface area (Å²) in [4.78, 5) is 29.1. The van der Waals surface area contributed by atoms with Crippen LogP contribution in [0.1, 0.15) is 105 Å². The van der Waals surface area contributed by atoms with Crippen LogP contribution in [0, 0.1) is 0 Å². The minimum atomic E-state index is 0.0158. The van der Waals surface area contributed by atoms with Gasteiger partial charge < -0.3 is 20.6 Å². The van der Waals surface area contributed by atoms with Crippen molar-refractivity contribution in [2.75, 3.05) is 13.1 Å². The largest absolute Gasteiger partial charge is 0.326 e. The fourth-order valence-corrected chi connectivity index (χ4v) is 5.51. The summed E-state index contributed by atoms with van der Waals surface area (Å²) in [6.45, 7) is 2.11. The van der Waals surface area contributed by atoms with E-state index < -0.39 is 0 Å². The number of pyridine rings is 2. The van der Waals surface area contributed by atoms with Crippen molar-refractivity contribution in [3.8, 4) is 0 Å². The SMILES string of the molecule is O=c1ccc2c([nH]1)CCC[C@H]2NCCCCCCCCCN[C@@H]1CCCc2[nH]c(=O)ccc21. The molecule has 2 heterocycles. The van der Waals surface area contributed by atoms with E-state index in [4.69, 9.17) is 0 Å². The molecule has 2 aromatic rings. The molecule has 0 saturated carbocycles. The van der Waals surface area contributed by atoms with Crippen LogP contribution in [0.25, 0.3) is 0 Å². The van der Waals surface area contributed by atoms with Crippen molar-refractivity contribution < 1.29 is 0 Å². The molecule has 0 spiro atoms. The number of H-pyrrole nitrogens is 2. The van der Waals surface area contributed by atoms with E-state index in [0.717, 1.165) is 63.0 Å². The van der Waals surface area contributed by atoms with Crippen LogP contribution in [0.4, 0.5) is 0 Å². The van der Waals surface area contributed by atoms with Crippen molar-refractivity contribution >= 4 is 0 Å². The second-order valence-corrected chi connectivity index (χ2v) is 9.79. The van der Waals surface area contributed by atoms with E-state index in [1.54, 1.807) is 12.1 Å². The Kier molecular flexibility index (Phi) is 8.95. The number of unbranched alkanes of at least 4 members (excludes halogenated alkanes) is 6. The molecule has 6 nitrogen and oxygen atoms in total. The van der Waals surface area contributed by atoms with Gasteiger partial charge in [0, 0.05) is 35.6 Å². The highest BCUT2D eigenvalue weighted by Gasteiger charge is 2.21. The summed E-state index contributed by atoms with van der Waals surface area (Å²) in [5.74, 6) is 0. The van der Waals surface area contributed by atoms with E-state index >= 15 is 0 Å². The molecule has 0 unspecified atom stereocenters. The Morgan fingerprint density at radius 3 is 1.52 bits per heavy atom. The monoisotopic (exact) mass is 452 g/mol. The summed E-state index contributed by atoms with van der Waals surface area (Å²) >= 11 is 0. The number of aromatic amines is 2. The van der Waals surface area contributed by atoms with Gasteiger partial charge >= 0.3 is 0 Å². The number of aryl methyl sites for hydroxylation is 2. The van der Waals surface area contributed by atoms with Crippen molar-refractivity contribution in [1.29, 1.82) is 0 Å². The molecule has 0 aromatic carbocycles. The molecular weight excluding hydrogens is 412 g/mol. The van der Waals surface area contributed by atoms with Crippen LogP contribution in [-0.2, 0) is 12.8 Å². The van der Waals surface area contributed by atoms with E-state index in [1.807, 2.05) is 12.1 Å². The number of rotatable bonds is 12. The Labute approximate surface area is 197 Å². The van der Waals surface area contributed by atoms with E-state index in [1.165, 1.54) is 56.1 Å². The summed E-state index contributed by atoms with van der Waals surface area (Å²) in [6.07, 6.45) is 15.6. The highest BCUT2D eigenvalue weighted by atomic mass is 16.1. The topological polar surface area (TPSA) is 89.8 Å². The molecule has 0 saturated heterocycles. The molecule has 2 atom stereocenters. The average molecular weight is 453 g/mol. The molecule has 0 amide bonds. The Morgan fingerprint density at radius 2 is 1.06 bits per heavy atom. The third kappa shape index (κ3) is 6.90. The maximum absolute atomic E-state index is 11.5. The van der Waals surface area contributed by atoms with Gasteiger partial charge in [0.15, 0.2) is 0 Å². The van der Waals surface area contributed by atoms with Gasteiger partial charge in [0.1, 0.15) is 0 Å². The Hall–Kier alpha value is -2.18. The van der Waals surface area contributed by atoms with Gasteiger partial charge in [-0.1, -0.05) is 44.2 Å². The number of hydrogen-bond donors (Lipinski definition) is 4. The number of fused-ring (bicyclic) bond motifs is 2. The smallest absolute Gasteiger partial charge is 0.248 e. The number of nitrogens with one attached hydrogen (secondary N) is 4. The van der Waals surface area contributed by atoms with Gasteiger partial charge in [0.25, 0.3) is 0 Å². The zero-order chi connectivity index (χ0) is 22.9. The fraction of sp³-hybridized carbons (Fsp3) is 0.630. The summed E-state index contributed by atoms with van der Waals surface area (Å²) in [7, 11) is 0. The maximum Gasteiger partial charge on any atom is 0.248 e. The van der Waals surface area contributed by atoms with Crippen LogP contribution >= 0.6 is 0 Å². The fourth-order valence-electron chi connectivity index (χ4n) is 5.51. The molecule has 2 aromatic heterocycles. The lowest BCUT2D eigenvalue weighted by atomic mass is 9.91. The average Bonchev–Trinajstić information content (AvgIpc) is 2.82. The standard InChI is InChI=1S/C27H40N4O2/c32-26-16-14-20-22(10-8-12-24(20)30-26)28-18-6-4-2-1-3-5-7-19-29-23-11-9-13-25-21(23)15-17-27(33)31-25/h14-17,22-23,28-29H,1-13,18-19H2,(H,30,32)(H,31,33)/t22-,23-/m1/s1. The first-order valence-electron chi connectivity index (χ1n) is 13.1. The Bertz CT molecular complexity index is 917.